The molecule has 0 aliphatic heterocycles. The number of rotatable bonds is 0. The maximum absolute atomic E-state index is 4.60. The maximum Gasteiger partial charge on any atom is -0.00172 e. The highest BCUT2D eigenvalue weighted by Crippen LogP contribution is 1.92. The Morgan fingerprint density at radius 3 is 1.80 bits per heavy atom. The summed E-state index contributed by atoms with van der Waals surface area (Å²) in [6.45, 7) is 2.08. The van der Waals surface area contributed by atoms with E-state index in [2.05, 4.69) is 30.3 Å². The van der Waals surface area contributed by atoms with Gasteiger partial charge in [-0.3, -0.25) is 11.3 Å². The fourth-order valence-electron chi connectivity index (χ4n) is 0.534. The van der Waals surface area contributed by atoms with Crippen molar-refractivity contribution in [3.05, 3.63) is 35.9 Å². The SMILES string of the molecule is CNN.Cc1ccccc1. The van der Waals surface area contributed by atoms with Gasteiger partial charge < -0.3 is 0 Å². The van der Waals surface area contributed by atoms with Gasteiger partial charge in [0.2, 0.25) is 0 Å². The van der Waals surface area contributed by atoms with Crippen molar-refractivity contribution >= 4 is 0 Å². The molecule has 1 aromatic carbocycles. The Balaban J connectivity index is 0.000000236. The molecule has 0 spiro atoms. The summed E-state index contributed by atoms with van der Waals surface area (Å²) in [6.07, 6.45) is 0. The van der Waals surface area contributed by atoms with Crippen LogP contribution in [0.1, 0.15) is 5.56 Å². The Labute approximate surface area is 62.0 Å². The summed E-state index contributed by atoms with van der Waals surface area (Å²) >= 11 is 0. The average molecular weight is 138 g/mol. The first-order chi connectivity index (χ1) is 4.81. The Bertz CT molecular complexity index is 149. The van der Waals surface area contributed by atoms with Crippen LogP contribution >= 0.6 is 0 Å². The number of aryl methyl sites for hydroxylation is 1. The van der Waals surface area contributed by atoms with Crippen molar-refractivity contribution in [2.24, 2.45) is 5.84 Å². The molecule has 3 N–H and O–H groups in total. The molecule has 56 valence electrons. The molecule has 0 radical (unpaired) electrons. The number of nitrogens with one attached hydrogen (secondary N) is 1. The summed E-state index contributed by atoms with van der Waals surface area (Å²) in [5.74, 6) is 4.60. The van der Waals surface area contributed by atoms with Crippen molar-refractivity contribution < 1.29 is 0 Å². The zero-order valence-corrected chi connectivity index (χ0v) is 6.46. The van der Waals surface area contributed by atoms with Crippen molar-refractivity contribution in [2.45, 2.75) is 6.92 Å². The topological polar surface area (TPSA) is 38.0 Å². The molecule has 0 bridgehead atoms. The third-order valence-corrected chi connectivity index (χ3v) is 0.940. The standard InChI is InChI=1S/C7H8.CH6N2/c1-7-5-3-2-4-6-7;1-3-2/h2-6H,1H3;3H,2H2,1H3. The van der Waals surface area contributed by atoms with Crippen molar-refractivity contribution in [1.29, 1.82) is 0 Å². The van der Waals surface area contributed by atoms with E-state index in [1.165, 1.54) is 5.56 Å². The van der Waals surface area contributed by atoms with Gasteiger partial charge in [-0.15, -0.1) is 0 Å². The smallest absolute Gasteiger partial charge is 0.00172 e. The Kier molecular flexibility index (Phi) is 5.72. The van der Waals surface area contributed by atoms with E-state index in [9.17, 15) is 0 Å². The number of hydrazine groups is 1. The monoisotopic (exact) mass is 138 g/mol. The van der Waals surface area contributed by atoms with Crippen LogP contribution in [0.2, 0.25) is 0 Å². The fraction of sp³-hybridized carbons (Fsp3) is 0.250. The summed E-state index contributed by atoms with van der Waals surface area (Å²) in [7, 11) is 1.65. The first kappa shape index (κ1) is 9.14. The normalized spacial score (nSPS) is 7.90. The summed E-state index contributed by atoms with van der Waals surface area (Å²) in [5.41, 5.74) is 3.57. The van der Waals surface area contributed by atoms with E-state index < -0.39 is 0 Å². The zero-order chi connectivity index (χ0) is 7.82. The lowest BCUT2D eigenvalue weighted by Gasteiger charge is -1.82. The quantitative estimate of drug-likeness (QED) is 0.416. The van der Waals surface area contributed by atoms with Gasteiger partial charge >= 0.3 is 0 Å². The van der Waals surface area contributed by atoms with Crippen LogP contribution < -0.4 is 11.3 Å². The fourth-order valence-corrected chi connectivity index (χ4v) is 0.534. The third-order valence-electron chi connectivity index (χ3n) is 0.940. The summed E-state index contributed by atoms with van der Waals surface area (Å²) < 4.78 is 0. The molecule has 0 fully saturated rings. The highest BCUT2D eigenvalue weighted by molar-refractivity contribution is 5.11. The lowest BCUT2D eigenvalue weighted by Crippen LogP contribution is -2.13. The minimum absolute atomic E-state index is 1.32. The van der Waals surface area contributed by atoms with Gasteiger partial charge in [0.25, 0.3) is 0 Å². The van der Waals surface area contributed by atoms with Crippen LogP contribution in [0.3, 0.4) is 0 Å². The second-order valence-electron chi connectivity index (χ2n) is 1.94. The molecule has 0 aromatic heterocycles. The molecule has 2 heteroatoms. The van der Waals surface area contributed by atoms with Crippen LogP contribution in [0.25, 0.3) is 0 Å². The van der Waals surface area contributed by atoms with Gasteiger partial charge in [0.05, 0.1) is 0 Å². The van der Waals surface area contributed by atoms with Gasteiger partial charge in [-0.05, 0) is 14.0 Å². The molecule has 0 saturated heterocycles. The van der Waals surface area contributed by atoms with E-state index in [1.54, 1.807) is 7.05 Å². The van der Waals surface area contributed by atoms with E-state index >= 15 is 0 Å². The van der Waals surface area contributed by atoms with E-state index in [4.69, 9.17) is 0 Å². The number of nitrogens with two attached hydrogens (primary N) is 1. The lowest BCUT2D eigenvalue weighted by molar-refractivity contribution is 0.900. The molecule has 0 heterocycles. The number of hydrogen-bond acceptors (Lipinski definition) is 2. The molecular weight excluding hydrogens is 124 g/mol. The molecule has 0 unspecified atom stereocenters. The first-order valence-corrected chi connectivity index (χ1v) is 3.20. The van der Waals surface area contributed by atoms with Gasteiger partial charge in [0, 0.05) is 0 Å². The van der Waals surface area contributed by atoms with Crippen LogP contribution in [0.15, 0.2) is 30.3 Å². The minimum Gasteiger partial charge on any atom is -0.272 e. The molecule has 0 aliphatic rings. The van der Waals surface area contributed by atoms with E-state index in [-0.39, 0.29) is 0 Å². The second kappa shape index (κ2) is 6.26. The molecule has 1 rings (SSSR count). The van der Waals surface area contributed by atoms with Crippen LogP contribution in [0, 0.1) is 6.92 Å². The van der Waals surface area contributed by atoms with Crippen LogP contribution in [-0.2, 0) is 0 Å². The predicted octanol–water partition coefficient (Wildman–Crippen LogP) is 1.07. The number of hydrogen-bond donors (Lipinski definition) is 2. The molecule has 0 atom stereocenters. The summed E-state index contributed by atoms with van der Waals surface area (Å²) in [6, 6.07) is 10.3. The minimum atomic E-state index is 1.32. The third kappa shape index (κ3) is 5.28. The van der Waals surface area contributed by atoms with Gasteiger partial charge in [0.15, 0.2) is 0 Å². The van der Waals surface area contributed by atoms with Gasteiger partial charge in [-0.2, -0.15) is 0 Å². The predicted molar refractivity (Wildman–Crippen MR) is 44.4 cm³/mol. The Hall–Kier alpha value is -0.860. The number of benzene rings is 1. The molecular formula is C8H14N2. The summed E-state index contributed by atoms with van der Waals surface area (Å²) in [5, 5.41) is 0. The Morgan fingerprint density at radius 2 is 1.60 bits per heavy atom. The van der Waals surface area contributed by atoms with Crippen LogP contribution in [0.4, 0.5) is 0 Å². The van der Waals surface area contributed by atoms with E-state index in [0.29, 0.717) is 0 Å². The van der Waals surface area contributed by atoms with E-state index in [0.717, 1.165) is 0 Å². The zero-order valence-electron chi connectivity index (χ0n) is 6.46. The highest BCUT2D eigenvalue weighted by Gasteiger charge is 1.72. The second-order valence-corrected chi connectivity index (χ2v) is 1.94. The lowest BCUT2D eigenvalue weighted by atomic mass is 10.2. The van der Waals surface area contributed by atoms with Crippen molar-refractivity contribution in [2.75, 3.05) is 7.05 Å². The largest absolute Gasteiger partial charge is 0.272 e. The van der Waals surface area contributed by atoms with Gasteiger partial charge in [-0.25, -0.2) is 0 Å². The van der Waals surface area contributed by atoms with Gasteiger partial charge in [0.1, 0.15) is 0 Å². The maximum atomic E-state index is 4.60. The van der Waals surface area contributed by atoms with E-state index in [1.807, 2.05) is 18.2 Å². The average Bonchev–Trinajstić information content (AvgIpc) is 1.91. The van der Waals surface area contributed by atoms with Crippen LogP contribution in [0.5, 0.6) is 0 Å². The van der Waals surface area contributed by atoms with Crippen LogP contribution in [-0.4, -0.2) is 7.05 Å². The first-order valence-electron chi connectivity index (χ1n) is 3.20. The van der Waals surface area contributed by atoms with Gasteiger partial charge in [-0.1, -0.05) is 35.9 Å². The summed E-state index contributed by atoms with van der Waals surface area (Å²) in [4.78, 5) is 0. The molecule has 1 aromatic rings. The highest BCUT2D eigenvalue weighted by atomic mass is 15.2. The Morgan fingerprint density at radius 1 is 1.20 bits per heavy atom. The molecule has 0 amide bonds. The molecule has 10 heavy (non-hydrogen) atoms. The van der Waals surface area contributed by atoms with Crippen molar-refractivity contribution in [3.8, 4) is 0 Å². The molecule has 0 saturated carbocycles. The molecule has 2 nitrogen and oxygen atoms in total. The molecule has 0 aliphatic carbocycles. The van der Waals surface area contributed by atoms with Crippen molar-refractivity contribution in [1.82, 2.24) is 5.43 Å². The van der Waals surface area contributed by atoms with Crippen molar-refractivity contribution in [3.63, 3.8) is 0 Å².